The van der Waals surface area contributed by atoms with E-state index >= 15 is 0 Å². The second-order valence-electron chi connectivity index (χ2n) is 4.90. The SMILES string of the molecule is COc1cccc(S(=O)(=O)OC(=O)CCC(C)(N)CS)c1. The van der Waals surface area contributed by atoms with E-state index in [2.05, 4.69) is 16.8 Å². The zero-order chi connectivity index (χ0) is 16.1. The maximum atomic E-state index is 12.0. The predicted octanol–water partition coefficient (Wildman–Crippen LogP) is 1.35. The molecule has 0 amide bonds. The molecule has 6 nitrogen and oxygen atoms in total. The second kappa shape index (κ2) is 7.15. The Morgan fingerprint density at radius 3 is 2.67 bits per heavy atom. The van der Waals surface area contributed by atoms with Gasteiger partial charge in [-0.1, -0.05) is 6.07 Å². The van der Waals surface area contributed by atoms with Crippen LogP contribution in [0.4, 0.5) is 0 Å². The fourth-order valence-electron chi connectivity index (χ4n) is 1.44. The summed E-state index contributed by atoms with van der Waals surface area (Å²) in [6, 6.07) is 5.69. The van der Waals surface area contributed by atoms with Crippen LogP contribution in [0.25, 0.3) is 0 Å². The van der Waals surface area contributed by atoms with E-state index in [0.717, 1.165) is 0 Å². The third kappa shape index (κ3) is 5.56. The van der Waals surface area contributed by atoms with Crippen molar-refractivity contribution in [3.63, 3.8) is 0 Å². The van der Waals surface area contributed by atoms with Crippen molar-refractivity contribution in [1.29, 1.82) is 0 Å². The normalized spacial score (nSPS) is 14.3. The summed E-state index contributed by atoms with van der Waals surface area (Å²) in [4.78, 5) is 11.5. The highest BCUT2D eigenvalue weighted by molar-refractivity contribution is 7.87. The zero-order valence-electron chi connectivity index (χ0n) is 11.9. The highest BCUT2D eigenvalue weighted by Gasteiger charge is 2.23. The number of hydrogen-bond acceptors (Lipinski definition) is 7. The van der Waals surface area contributed by atoms with E-state index in [0.29, 0.717) is 11.5 Å². The molecular weight excluding hydrogens is 314 g/mol. The molecule has 1 unspecified atom stereocenters. The summed E-state index contributed by atoms with van der Waals surface area (Å²) in [5.74, 6) is -0.115. The summed E-state index contributed by atoms with van der Waals surface area (Å²) in [6.07, 6.45) is 0.180. The van der Waals surface area contributed by atoms with Crippen molar-refractivity contribution in [1.82, 2.24) is 0 Å². The Balaban J connectivity index is 2.74. The molecule has 0 saturated carbocycles. The first kappa shape index (κ1) is 17.8. The van der Waals surface area contributed by atoms with Gasteiger partial charge in [-0.25, -0.2) is 0 Å². The lowest BCUT2D eigenvalue weighted by atomic mass is 10.00. The van der Waals surface area contributed by atoms with Crippen molar-refractivity contribution in [2.45, 2.75) is 30.2 Å². The Morgan fingerprint density at radius 2 is 2.10 bits per heavy atom. The average molecular weight is 333 g/mol. The molecule has 0 fully saturated rings. The Bertz CT molecular complexity index is 598. The summed E-state index contributed by atoms with van der Waals surface area (Å²) >= 11 is 4.06. The van der Waals surface area contributed by atoms with Gasteiger partial charge in [0.05, 0.1) is 7.11 Å². The maximum Gasteiger partial charge on any atom is 0.341 e. The third-order valence-corrected chi connectivity index (χ3v) is 4.75. The van der Waals surface area contributed by atoms with Crippen LogP contribution in [0.5, 0.6) is 5.75 Å². The van der Waals surface area contributed by atoms with Gasteiger partial charge in [0.25, 0.3) is 0 Å². The largest absolute Gasteiger partial charge is 0.497 e. The van der Waals surface area contributed by atoms with Gasteiger partial charge in [0.1, 0.15) is 10.6 Å². The minimum absolute atomic E-state index is 0.100. The Labute approximate surface area is 130 Å². The summed E-state index contributed by atoms with van der Waals surface area (Å²) in [5, 5.41) is 0. The maximum absolute atomic E-state index is 12.0. The predicted molar refractivity (Wildman–Crippen MR) is 82.0 cm³/mol. The Kier molecular flexibility index (Phi) is 6.06. The minimum atomic E-state index is -4.16. The first-order chi connectivity index (χ1) is 9.70. The van der Waals surface area contributed by atoms with E-state index in [4.69, 9.17) is 10.5 Å². The molecule has 0 saturated heterocycles. The van der Waals surface area contributed by atoms with E-state index in [1.807, 2.05) is 0 Å². The van der Waals surface area contributed by atoms with E-state index in [1.165, 1.54) is 25.3 Å². The molecule has 118 valence electrons. The lowest BCUT2D eigenvalue weighted by molar-refractivity contribution is -0.134. The number of carbonyl (C=O) groups excluding carboxylic acids is 1. The molecule has 8 heteroatoms. The molecule has 0 aliphatic heterocycles. The molecule has 1 aromatic carbocycles. The molecule has 0 aliphatic rings. The molecule has 2 N–H and O–H groups in total. The van der Waals surface area contributed by atoms with Crippen LogP contribution < -0.4 is 10.5 Å². The molecule has 1 rings (SSSR count). The number of methoxy groups -OCH3 is 1. The highest BCUT2D eigenvalue weighted by Crippen LogP contribution is 2.20. The number of nitrogens with two attached hydrogens (primary N) is 1. The van der Waals surface area contributed by atoms with Crippen LogP contribution in [0.2, 0.25) is 0 Å². The van der Waals surface area contributed by atoms with Gasteiger partial charge in [0.2, 0.25) is 0 Å². The van der Waals surface area contributed by atoms with Gasteiger partial charge >= 0.3 is 16.1 Å². The number of ether oxygens (including phenoxy) is 1. The van der Waals surface area contributed by atoms with E-state index in [1.54, 1.807) is 13.0 Å². The Morgan fingerprint density at radius 1 is 1.43 bits per heavy atom. The van der Waals surface area contributed by atoms with Gasteiger partial charge < -0.3 is 14.7 Å². The van der Waals surface area contributed by atoms with Gasteiger partial charge in [0, 0.05) is 23.8 Å². The molecule has 0 spiro atoms. The fraction of sp³-hybridized carbons (Fsp3) is 0.462. The lowest BCUT2D eigenvalue weighted by Crippen LogP contribution is -2.38. The standard InChI is InChI=1S/C13H19NO5S2/c1-13(14,9-20)7-6-12(15)19-21(16,17)11-5-3-4-10(8-11)18-2/h3-5,8,20H,6-7,9,14H2,1-2H3. The molecule has 0 aliphatic carbocycles. The van der Waals surface area contributed by atoms with Crippen molar-refractivity contribution in [2.75, 3.05) is 12.9 Å². The number of benzene rings is 1. The van der Waals surface area contributed by atoms with Crippen LogP contribution in [0, 0.1) is 0 Å². The Hall–Kier alpha value is -1.25. The fourth-order valence-corrected chi connectivity index (χ4v) is 2.52. The van der Waals surface area contributed by atoms with Crippen LogP contribution in [0.1, 0.15) is 19.8 Å². The second-order valence-corrected chi connectivity index (χ2v) is 6.76. The molecule has 21 heavy (non-hydrogen) atoms. The van der Waals surface area contributed by atoms with Gasteiger partial charge in [-0.3, -0.25) is 4.79 Å². The average Bonchev–Trinajstić information content (AvgIpc) is 2.45. The summed E-state index contributed by atoms with van der Waals surface area (Å²) in [6.45, 7) is 1.73. The van der Waals surface area contributed by atoms with Crippen molar-refractivity contribution < 1.29 is 22.1 Å². The van der Waals surface area contributed by atoms with Crippen molar-refractivity contribution in [2.24, 2.45) is 5.73 Å². The zero-order valence-corrected chi connectivity index (χ0v) is 13.6. The molecule has 0 bridgehead atoms. The molecule has 0 aromatic heterocycles. The lowest BCUT2D eigenvalue weighted by Gasteiger charge is -2.20. The van der Waals surface area contributed by atoms with Crippen LogP contribution in [-0.4, -0.2) is 32.8 Å². The summed E-state index contributed by atoms with van der Waals surface area (Å²) in [7, 11) is -2.74. The van der Waals surface area contributed by atoms with Crippen molar-refractivity contribution in [3.8, 4) is 5.75 Å². The summed E-state index contributed by atoms with van der Waals surface area (Å²) < 4.78 is 33.4. The van der Waals surface area contributed by atoms with Gasteiger partial charge in [-0.15, -0.1) is 0 Å². The quantitative estimate of drug-likeness (QED) is 0.578. The minimum Gasteiger partial charge on any atom is -0.497 e. The molecular formula is C13H19NO5S2. The number of rotatable bonds is 7. The van der Waals surface area contributed by atoms with Crippen LogP contribution in [0.15, 0.2) is 29.2 Å². The monoisotopic (exact) mass is 333 g/mol. The van der Waals surface area contributed by atoms with E-state index in [9.17, 15) is 13.2 Å². The topological polar surface area (TPSA) is 95.7 Å². The van der Waals surface area contributed by atoms with Crippen LogP contribution in [-0.2, 0) is 19.1 Å². The van der Waals surface area contributed by atoms with Crippen molar-refractivity contribution >= 4 is 28.7 Å². The van der Waals surface area contributed by atoms with E-state index in [-0.39, 0.29) is 17.7 Å². The molecule has 1 atom stereocenters. The van der Waals surface area contributed by atoms with E-state index < -0.39 is 21.6 Å². The molecule has 1 aromatic rings. The van der Waals surface area contributed by atoms with Gasteiger partial charge in [-0.2, -0.15) is 21.0 Å². The number of thiol groups is 1. The van der Waals surface area contributed by atoms with Gasteiger partial charge in [-0.05, 0) is 25.5 Å². The number of hydrogen-bond donors (Lipinski definition) is 2. The van der Waals surface area contributed by atoms with Gasteiger partial charge in [0.15, 0.2) is 0 Å². The van der Waals surface area contributed by atoms with Crippen molar-refractivity contribution in [3.05, 3.63) is 24.3 Å². The van der Waals surface area contributed by atoms with Crippen LogP contribution in [0.3, 0.4) is 0 Å². The molecule has 0 heterocycles. The van der Waals surface area contributed by atoms with Crippen LogP contribution >= 0.6 is 12.6 Å². The number of carbonyl (C=O) groups is 1. The molecule has 0 radical (unpaired) electrons. The first-order valence-electron chi connectivity index (χ1n) is 6.21. The first-order valence-corrected chi connectivity index (χ1v) is 8.25. The smallest absolute Gasteiger partial charge is 0.341 e. The third-order valence-electron chi connectivity index (χ3n) is 2.79. The highest BCUT2D eigenvalue weighted by atomic mass is 32.2. The summed E-state index contributed by atoms with van der Waals surface area (Å²) in [5.41, 5.74) is 5.18.